The highest BCUT2D eigenvalue weighted by Crippen LogP contribution is 2.36. The second-order valence-corrected chi connectivity index (χ2v) is 6.90. The van der Waals surface area contributed by atoms with Gasteiger partial charge in [-0.2, -0.15) is 0 Å². The molecule has 1 aromatic carbocycles. The van der Waals surface area contributed by atoms with Gasteiger partial charge in [0.1, 0.15) is 0 Å². The fourth-order valence-corrected chi connectivity index (χ4v) is 3.73. The first-order valence-corrected chi connectivity index (χ1v) is 7.90. The molecule has 2 aromatic rings. The lowest BCUT2D eigenvalue weighted by atomic mass is 10.1. The molecule has 3 nitrogen and oxygen atoms in total. The van der Waals surface area contributed by atoms with E-state index >= 15 is 0 Å². The molecule has 0 bridgehead atoms. The van der Waals surface area contributed by atoms with Crippen LogP contribution in [0.5, 0.6) is 0 Å². The molecular weight excluding hydrogens is 329 g/mol. The number of carbonyl (C=O) groups excluding carboxylic acids is 1. The Hall–Kier alpha value is -1.23. The minimum atomic E-state index is -0.347. The summed E-state index contributed by atoms with van der Waals surface area (Å²) in [6.07, 6.45) is 0. The normalized spacial score (nSPS) is 12.0. The first kappa shape index (κ1) is 16.1. The zero-order valence-corrected chi connectivity index (χ0v) is 14.2. The van der Waals surface area contributed by atoms with Crippen LogP contribution in [0.2, 0.25) is 8.67 Å². The van der Waals surface area contributed by atoms with E-state index in [0.717, 1.165) is 16.8 Å². The van der Waals surface area contributed by atoms with E-state index in [-0.39, 0.29) is 12.0 Å². The standard InChI is InChI=1S/C15H15Cl2NO2S/c1-8-10(15(19)20-3)5-4-6-12(8)18-9(2)11-7-13(16)21-14(11)17/h4-7,9,18H,1-3H3. The Morgan fingerprint density at radius 2 is 2.10 bits per heavy atom. The van der Waals surface area contributed by atoms with Crippen LogP contribution in [-0.4, -0.2) is 13.1 Å². The van der Waals surface area contributed by atoms with E-state index in [2.05, 4.69) is 5.32 Å². The van der Waals surface area contributed by atoms with Crippen molar-refractivity contribution in [3.8, 4) is 0 Å². The molecular formula is C15H15Cl2NO2S. The van der Waals surface area contributed by atoms with E-state index < -0.39 is 0 Å². The Morgan fingerprint density at radius 3 is 2.67 bits per heavy atom. The molecule has 21 heavy (non-hydrogen) atoms. The number of carbonyl (C=O) groups is 1. The van der Waals surface area contributed by atoms with Crippen molar-refractivity contribution in [3.63, 3.8) is 0 Å². The number of methoxy groups -OCH3 is 1. The van der Waals surface area contributed by atoms with Crippen molar-refractivity contribution in [2.45, 2.75) is 19.9 Å². The Kier molecular flexibility index (Phi) is 5.14. The van der Waals surface area contributed by atoms with Crippen molar-refractivity contribution in [3.05, 3.63) is 49.6 Å². The van der Waals surface area contributed by atoms with Gasteiger partial charge in [0, 0.05) is 11.3 Å². The van der Waals surface area contributed by atoms with Crippen LogP contribution < -0.4 is 5.32 Å². The largest absolute Gasteiger partial charge is 0.465 e. The molecule has 0 saturated heterocycles. The molecule has 2 rings (SSSR count). The van der Waals surface area contributed by atoms with Crippen LogP contribution in [-0.2, 0) is 4.74 Å². The number of ether oxygens (including phenoxy) is 1. The second kappa shape index (κ2) is 6.69. The summed E-state index contributed by atoms with van der Waals surface area (Å²) in [5, 5.41) is 3.36. The van der Waals surface area contributed by atoms with Gasteiger partial charge in [0.25, 0.3) is 0 Å². The van der Waals surface area contributed by atoms with E-state index in [1.807, 2.05) is 32.0 Å². The monoisotopic (exact) mass is 343 g/mol. The van der Waals surface area contributed by atoms with Crippen molar-refractivity contribution in [1.82, 2.24) is 0 Å². The number of rotatable bonds is 4. The summed E-state index contributed by atoms with van der Waals surface area (Å²) in [5.41, 5.74) is 3.19. The van der Waals surface area contributed by atoms with Gasteiger partial charge in [-0.15, -0.1) is 11.3 Å². The van der Waals surface area contributed by atoms with Crippen LogP contribution in [0.25, 0.3) is 0 Å². The minimum Gasteiger partial charge on any atom is -0.465 e. The summed E-state index contributed by atoms with van der Waals surface area (Å²) in [5.74, 6) is -0.347. The lowest BCUT2D eigenvalue weighted by Crippen LogP contribution is -2.10. The first-order chi connectivity index (χ1) is 9.93. The molecule has 1 unspecified atom stereocenters. The van der Waals surface area contributed by atoms with Gasteiger partial charge in [-0.3, -0.25) is 0 Å². The highest BCUT2D eigenvalue weighted by Gasteiger charge is 2.16. The lowest BCUT2D eigenvalue weighted by molar-refractivity contribution is 0.0600. The molecule has 0 aliphatic rings. The van der Waals surface area contributed by atoms with Crippen LogP contribution >= 0.6 is 34.5 Å². The maximum absolute atomic E-state index is 11.7. The van der Waals surface area contributed by atoms with Crippen molar-refractivity contribution in [1.29, 1.82) is 0 Å². The van der Waals surface area contributed by atoms with Gasteiger partial charge in [0.2, 0.25) is 0 Å². The van der Waals surface area contributed by atoms with E-state index in [0.29, 0.717) is 14.2 Å². The number of thiophene rings is 1. The number of benzene rings is 1. The van der Waals surface area contributed by atoms with Gasteiger partial charge in [-0.1, -0.05) is 29.3 Å². The number of anilines is 1. The molecule has 0 fully saturated rings. The molecule has 6 heteroatoms. The van der Waals surface area contributed by atoms with Gasteiger partial charge < -0.3 is 10.1 Å². The number of nitrogens with one attached hydrogen (secondary N) is 1. The first-order valence-electron chi connectivity index (χ1n) is 6.33. The maximum Gasteiger partial charge on any atom is 0.338 e. The Balaban J connectivity index is 2.27. The van der Waals surface area contributed by atoms with E-state index in [1.54, 1.807) is 6.07 Å². The zero-order chi connectivity index (χ0) is 15.6. The van der Waals surface area contributed by atoms with Gasteiger partial charge in [-0.05, 0) is 37.6 Å². The number of hydrogen-bond acceptors (Lipinski definition) is 4. The number of hydrogen-bond donors (Lipinski definition) is 1. The summed E-state index contributed by atoms with van der Waals surface area (Å²) in [6, 6.07) is 7.31. The van der Waals surface area contributed by atoms with Crippen LogP contribution in [0.3, 0.4) is 0 Å². The van der Waals surface area contributed by atoms with Crippen molar-refractivity contribution in [2.75, 3.05) is 12.4 Å². The predicted molar refractivity (Wildman–Crippen MR) is 88.9 cm³/mol. The highest BCUT2D eigenvalue weighted by atomic mass is 35.5. The molecule has 0 aliphatic carbocycles. The SMILES string of the molecule is COC(=O)c1cccc(NC(C)c2cc(Cl)sc2Cl)c1C. The van der Waals surface area contributed by atoms with Crippen LogP contribution in [0.1, 0.15) is 34.5 Å². The summed E-state index contributed by atoms with van der Waals surface area (Å²) < 4.78 is 6.11. The molecule has 0 radical (unpaired) electrons. The summed E-state index contributed by atoms with van der Waals surface area (Å²) in [7, 11) is 1.37. The topological polar surface area (TPSA) is 38.3 Å². The van der Waals surface area contributed by atoms with Crippen molar-refractivity contribution in [2.24, 2.45) is 0 Å². The molecule has 1 aromatic heterocycles. The molecule has 0 amide bonds. The third-order valence-electron chi connectivity index (χ3n) is 3.26. The molecule has 0 spiro atoms. The molecule has 112 valence electrons. The average molecular weight is 344 g/mol. The fourth-order valence-electron chi connectivity index (χ4n) is 2.08. The van der Waals surface area contributed by atoms with Gasteiger partial charge in [0.15, 0.2) is 0 Å². The van der Waals surface area contributed by atoms with Crippen LogP contribution in [0.15, 0.2) is 24.3 Å². The Labute approximate surface area is 137 Å². The third kappa shape index (κ3) is 3.51. The Morgan fingerprint density at radius 1 is 1.38 bits per heavy atom. The van der Waals surface area contributed by atoms with Crippen LogP contribution in [0, 0.1) is 6.92 Å². The average Bonchev–Trinajstić information content (AvgIpc) is 2.79. The van der Waals surface area contributed by atoms with E-state index in [1.165, 1.54) is 18.4 Å². The lowest BCUT2D eigenvalue weighted by Gasteiger charge is -2.18. The van der Waals surface area contributed by atoms with Crippen LogP contribution in [0.4, 0.5) is 5.69 Å². The van der Waals surface area contributed by atoms with Gasteiger partial charge >= 0.3 is 5.97 Å². The molecule has 0 saturated carbocycles. The Bertz CT molecular complexity index is 670. The molecule has 1 heterocycles. The number of esters is 1. The summed E-state index contributed by atoms with van der Waals surface area (Å²) >= 11 is 13.5. The molecule has 0 aliphatic heterocycles. The van der Waals surface area contributed by atoms with Gasteiger partial charge in [0.05, 0.1) is 27.4 Å². The maximum atomic E-state index is 11.7. The smallest absolute Gasteiger partial charge is 0.338 e. The predicted octanol–water partition coefficient (Wildman–Crippen LogP) is 5.32. The van der Waals surface area contributed by atoms with Crippen molar-refractivity contribution < 1.29 is 9.53 Å². The summed E-state index contributed by atoms with van der Waals surface area (Å²) in [4.78, 5) is 11.7. The second-order valence-electron chi connectivity index (χ2n) is 4.62. The third-order valence-corrected chi connectivity index (χ3v) is 4.78. The van der Waals surface area contributed by atoms with E-state index in [9.17, 15) is 4.79 Å². The van der Waals surface area contributed by atoms with Gasteiger partial charge in [-0.25, -0.2) is 4.79 Å². The molecule has 1 N–H and O–H groups in total. The zero-order valence-electron chi connectivity index (χ0n) is 11.9. The fraction of sp³-hybridized carbons (Fsp3) is 0.267. The quantitative estimate of drug-likeness (QED) is 0.763. The highest BCUT2D eigenvalue weighted by molar-refractivity contribution is 7.20. The molecule has 1 atom stereocenters. The van der Waals surface area contributed by atoms with E-state index in [4.69, 9.17) is 27.9 Å². The number of halogens is 2. The summed E-state index contributed by atoms with van der Waals surface area (Å²) in [6.45, 7) is 3.87. The van der Waals surface area contributed by atoms with Crippen molar-refractivity contribution >= 4 is 46.2 Å². The minimum absolute atomic E-state index is 0.0205.